The summed E-state index contributed by atoms with van der Waals surface area (Å²) in [5, 5.41) is 3.92. The van der Waals surface area contributed by atoms with Gasteiger partial charge in [-0.15, -0.1) is 0 Å². The Labute approximate surface area is 193 Å². The van der Waals surface area contributed by atoms with Crippen LogP contribution in [0.4, 0.5) is 9.52 Å². The average molecular weight is 465 g/mol. The van der Waals surface area contributed by atoms with E-state index in [1.165, 1.54) is 23.5 Å². The first-order chi connectivity index (χ1) is 16.0. The first-order valence-corrected chi connectivity index (χ1v) is 11.4. The molecule has 0 unspecified atom stereocenters. The van der Waals surface area contributed by atoms with Crippen LogP contribution in [-0.2, 0) is 0 Å². The van der Waals surface area contributed by atoms with E-state index >= 15 is 0 Å². The van der Waals surface area contributed by atoms with Crippen LogP contribution in [0, 0.1) is 5.82 Å². The number of furan rings is 1. The molecule has 0 radical (unpaired) electrons. The number of hydrogen-bond acceptors (Lipinski definition) is 6. The first-order valence-electron chi connectivity index (χ1n) is 10.6. The van der Waals surface area contributed by atoms with Crippen molar-refractivity contribution in [1.29, 1.82) is 0 Å². The van der Waals surface area contributed by atoms with E-state index in [1.807, 2.05) is 0 Å². The summed E-state index contributed by atoms with van der Waals surface area (Å²) in [6, 6.07) is 13.1. The van der Waals surface area contributed by atoms with Crippen LogP contribution in [0.5, 0.6) is 0 Å². The van der Waals surface area contributed by atoms with Gasteiger partial charge in [-0.1, -0.05) is 29.5 Å². The molecule has 0 bridgehead atoms. The van der Waals surface area contributed by atoms with Gasteiger partial charge in [-0.05, 0) is 48.7 Å². The molecule has 2 heterocycles. The molecule has 4 aromatic rings. The number of nitrogens with two attached hydrogens (primary N) is 1. The van der Waals surface area contributed by atoms with E-state index in [1.54, 1.807) is 47.6 Å². The summed E-state index contributed by atoms with van der Waals surface area (Å²) in [5.74, 6) is -0.823. The van der Waals surface area contributed by atoms with Crippen molar-refractivity contribution in [3.63, 3.8) is 0 Å². The Hall–Kier alpha value is -3.72. The number of aromatic nitrogens is 1. The maximum Gasteiger partial charge on any atom is 0.274 e. The number of nitrogen functional groups attached to an aromatic ring is 1. The van der Waals surface area contributed by atoms with Gasteiger partial charge in [-0.25, -0.2) is 9.37 Å². The minimum atomic E-state index is -0.356. The van der Waals surface area contributed by atoms with Gasteiger partial charge in [0.15, 0.2) is 5.13 Å². The molecule has 0 saturated heterocycles. The van der Waals surface area contributed by atoms with E-state index in [4.69, 9.17) is 10.2 Å². The Morgan fingerprint density at radius 3 is 2.73 bits per heavy atom. The van der Waals surface area contributed by atoms with Gasteiger partial charge >= 0.3 is 0 Å². The fraction of sp³-hybridized carbons (Fsp3) is 0.208. The highest BCUT2D eigenvalue weighted by Gasteiger charge is 2.35. The van der Waals surface area contributed by atoms with Crippen molar-refractivity contribution in [3.8, 4) is 10.4 Å². The molecule has 2 aromatic heterocycles. The molecule has 168 valence electrons. The lowest BCUT2D eigenvalue weighted by Gasteiger charge is -2.22. The monoisotopic (exact) mass is 464 g/mol. The predicted molar refractivity (Wildman–Crippen MR) is 125 cm³/mol. The molecule has 0 aliphatic heterocycles. The second-order valence-electron chi connectivity index (χ2n) is 7.86. The second-order valence-corrected chi connectivity index (χ2v) is 8.89. The third-order valence-corrected chi connectivity index (χ3v) is 6.51. The Balaban J connectivity index is 1.31. The van der Waals surface area contributed by atoms with Crippen molar-refractivity contribution < 1.29 is 18.4 Å². The van der Waals surface area contributed by atoms with Gasteiger partial charge in [0.2, 0.25) is 0 Å². The van der Waals surface area contributed by atoms with Gasteiger partial charge in [0, 0.05) is 24.5 Å². The Kier molecular flexibility index (Phi) is 5.55. The summed E-state index contributed by atoms with van der Waals surface area (Å²) in [6.45, 7) is 0.637. The van der Waals surface area contributed by atoms with Crippen molar-refractivity contribution in [3.05, 3.63) is 71.9 Å². The molecule has 7 nitrogen and oxygen atoms in total. The summed E-state index contributed by atoms with van der Waals surface area (Å²) in [7, 11) is 0. The van der Waals surface area contributed by atoms with Gasteiger partial charge in [0.25, 0.3) is 11.8 Å². The van der Waals surface area contributed by atoms with Crippen LogP contribution in [0.15, 0.2) is 59.2 Å². The van der Waals surface area contributed by atoms with Crippen LogP contribution in [0.25, 0.3) is 21.4 Å². The lowest BCUT2D eigenvalue weighted by atomic mass is 10.1. The molecule has 2 aromatic carbocycles. The fourth-order valence-electron chi connectivity index (χ4n) is 3.83. The molecule has 1 saturated carbocycles. The smallest absolute Gasteiger partial charge is 0.274 e. The number of nitrogens with one attached hydrogen (secondary N) is 1. The molecule has 9 heteroatoms. The number of carbonyl (C=O) groups excluding carboxylic acids is 2. The summed E-state index contributed by atoms with van der Waals surface area (Å²) in [5.41, 5.74) is 8.03. The van der Waals surface area contributed by atoms with Crippen molar-refractivity contribution in [2.24, 2.45) is 0 Å². The molecule has 5 rings (SSSR count). The topological polar surface area (TPSA) is 101 Å². The largest absolute Gasteiger partial charge is 0.464 e. The zero-order chi connectivity index (χ0) is 22.9. The van der Waals surface area contributed by atoms with Crippen LogP contribution in [-0.4, -0.2) is 40.8 Å². The maximum atomic E-state index is 13.4. The zero-order valence-electron chi connectivity index (χ0n) is 17.6. The van der Waals surface area contributed by atoms with Crippen molar-refractivity contribution >= 4 is 39.3 Å². The number of carbonyl (C=O) groups is 2. The van der Waals surface area contributed by atoms with Crippen LogP contribution in [0.2, 0.25) is 0 Å². The molecule has 1 fully saturated rings. The summed E-state index contributed by atoms with van der Waals surface area (Å²) in [6.07, 6.45) is 3.35. The molecular formula is C24H21FN4O3S. The minimum Gasteiger partial charge on any atom is -0.464 e. The quantitative estimate of drug-likeness (QED) is 0.424. The average Bonchev–Trinajstić information content (AvgIpc) is 3.39. The molecular weight excluding hydrogens is 443 g/mol. The molecule has 0 spiro atoms. The van der Waals surface area contributed by atoms with Crippen LogP contribution in [0.1, 0.15) is 33.7 Å². The van der Waals surface area contributed by atoms with Gasteiger partial charge < -0.3 is 20.4 Å². The number of amides is 2. The standard InChI is InChI=1S/C24H21FN4O3S/c25-15-6-4-14(5-7-15)21-20(28-24(26)33-21)23(31)29(16-8-9-16)12-11-27-22(30)18-2-1-3-19-17(18)10-13-32-19/h1-7,10,13,16H,8-9,11-12H2,(H2,26,28)(H,27,30). The third-order valence-electron chi connectivity index (χ3n) is 5.58. The van der Waals surface area contributed by atoms with Crippen molar-refractivity contribution in [2.75, 3.05) is 18.8 Å². The highest BCUT2D eigenvalue weighted by molar-refractivity contribution is 7.19. The van der Waals surface area contributed by atoms with E-state index in [2.05, 4.69) is 10.3 Å². The SMILES string of the molecule is Nc1nc(C(=O)N(CCNC(=O)c2cccc3occc23)C2CC2)c(-c2ccc(F)cc2)s1. The first kappa shape index (κ1) is 21.1. The second kappa shape index (κ2) is 8.67. The Bertz CT molecular complexity index is 1330. The Morgan fingerprint density at radius 2 is 1.97 bits per heavy atom. The maximum absolute atomic E-state index is 13.4. The van der Waals surface area contributed by atoms with Crippen molar-refractivity contribution in [2.45, 2.75) is 18.9 Å². The van der Waals surface area contributed by atoms with E-state index in [-0.39, 0.29) is 34.5 Å². The molecule has 0 atom stereocenters. The van der Waals surface area contributed by atoms with Gasteiger partial charge in [-0.3, -0.25) is 9.59 Å². The molecule has 33 heavy (non-hydrogen) atoms. The molecule has 2 amide bonds. The molecule has 3 N–H and O–H groups in total. The number of benzene rings is 2. The number of rotatable bonds is 7. The zero-order valence-corrected chi connectivity index (χ0v) is 18.4. The van der Waals surface area contributed by atoms with Gasteiger partial charge in [-0.2, -0.15) is 0 Å². The summed E-state index contributed by atoms with van der Waals surface area (Å²) >= 11 is 1.20. The summed E-state index contributed by atoms with van der Waals surface area (Å²) < 4.78 is 18.7. The van der Waals surface area contributed by atoms with Gasteiger partial charge in [0.05, 0.1) is 16.7 Å². The molecule has 1 aliphatic rings. The molecule has 1 aliphatic carbocycles. The van der Waals surface area contributed by atoms with E-state index in [0.717, 1.165) is 18.2 Å². The number of anilines is 1. The van der Waals surface area contributed by atoms with E-state index < -0.39 is 0 Å². The normalized spacial score (nSPS) is 13.2. The number of nitrogens with zero attached hydrogens (tertiary/aromatic N) is 2. The predicted octanol–water partition coefficient (Wildman–Crippen LogP) is 4.31. The highest BCUT2D eigenvalue weighted by Crippen LogP contribution is 2.35. The van der Waals surface area contributed by atoms with Crippen LogP contribution in [0.3, 0.4) is 0 Å². The number of hydrogen-bond donors (Lipinski definition) is 2. The van der Waals surface area contributed by atoms with Crippen LogP contribution >= 0.6 is 11.3 Å². The van der Waals surface area contributed by atoms with Crippen molar-refractivity contribution in [1.82, 2.24) is 15.2 Å². The lowest BCUT2D eigenvalue weighted by molar-refractivity contribution is 0.0732. The summed E-state index contributed by atoms with van der Waals surface area (Å²) in [4.78, 5) is 32.7. The van der Waals surface area contributed by atoms with E-state index in [9.17, 15) is 14.0 Å². The van der Waals surface area contributed by atoms with E-state index in [0.29, 0.717) is 34.7 Å². The highest BCUT2D eigenvalue weighted by atomic mass is 32.1. The lowest BCUT2D eigenvalue weighted by Crippen LogP contribution is -2.40. The number of thiazole rings is 1. The number of fused-ring (bicyclic) bond motifs is 1. The number of halogens is 1. The van der Waals surface area contributed by atoms with Gasteiger partial charge in [0.1, 0.15) is 17.1 Å². The third kappa shape index (κ3) is 4.31. The fourth-order valence-corrected chi connectivity index (χ4v) is 4.66. The minimum absolute atomic E-state index is 0.107. The van der Waals surface area contributed by atoms with Crippen LogP contribution < -0.4 is 11.1 Å². The Morgan fingerprint density at radius 1 is 1.18 bits per heavy atom.